The van der Waals surface area contributed by atoms with Crippen molar-refractivity contribution in [1.82, 2.24) is 14.5 Å². The van der Waals surface area contributed by atoms with Crippen molar-refractivity contribution in [2.24, 2.45) is 0 Å². The summed E-state index contributed by atoms with van der Waals surface area (Å²) in [5.74, 6) is 0.0480. The zero-order valence-corrected chi connectivity index (χ0v) is 23.6. The lowest BCUT2D eigenvalue weighted by Crippen LogP contribution is -2.52. The van der Waals surface area contributed by atoms with Crippen molar-refractivity contribution in [3.63, 3.8) is 0 Å². The number of halogens is 1. The second-order valence-corrected chi connectivity index (χ2v) is 16.1. The summed E-state index contributed by atoms with van der Waals surface area (Å²) in [7, 11) is -2.38. The summed E-state index contributed by atoms with van der Waals surface area (Å²) in [5, 5.41) is 13.5. The normalized spacial score (nSPS) is 24.5. The van der Waals surface area contributed by atoms with Crippen molar-refractivity contribution in [1.29, 1.82) is 0 Å². The predicted molar refractivity (Wildman–Crippen MR) is 144 cm³/mol. The minimum atomic E-state index is -2.38. The SMILES string of the molecule is CCc1cn(C2O[C@H](CO)[C@@H](O[Si](C)(C)C(C)(C)C)[C@@]2(C)F)c2ncnc(NC(=O)c3ccccc3)c12. The van der Waals surface area contributed by atoms with Crippen LogP contribution in [-0.2, 0) is 15.6 Å². The zero-order chi connectivity index (χ0) is 27.2. The van der Waals surface area contributed by atoms with Crippen LogP contribution >= 0.6 is 0 Å². The van der Waals surface area contributed by atoms with Crippen molar-refractivity contribution in [2.45, 2.75) is 83.3 Å². The topological polar surface area (TPSA) is 98.5 Å². The molecule has 1 unspecified atom stereocenters. The van der Waals surface area contributed by atoms with E-state index in [4.69, 9.17) is 9.16 Å². The van der Waals surface area contributed by atoms with Crippen LogP contribution in [0.1, 0.15) is 56.8 Å². The van der Waals surface area contributed by atoms with Crippen LogP contribution in [0.15, 0.2) is 42.9 Å². The third kappa shape index (κ3) is 4.95. The van der Waals surface area contributed by atoms with Crippen LogP contribution in [0.25, 0.3) is 11.0 Å². The Morgan fingerprint density at radius 1 is 1.27 bits per heavy atom. The van der Waals surface area contributed by atoms with Gasteiger partial charge < -0.3 is 24.2 Å². The second-order valence-electron chi connectivity index (χ2n) is 11.3. The van der Waals surface area contributed by atoms with Gasteiger partial charge in [0.1, 0.15) is 30.0 Å². The molecule has 0 bridgehead atoms. The molecule has 1 aromatic carbocycles. The fourth-order valence-corrected chi connectivity index (χ4v) is 5.88. The Kier molecular flexibility index (Phi) is 7.32. The minimum Gasteiger partial charge on any atom is -0.408 e. The number of fused-ring (bicyclic) bond motifs is 1. The Balaban J connectivity index is 1.74. The summed E-state index contributed by atoms with van der Waals surface area (Å²) in [6, 6.07) is 8.86. The fraction of sp³-hybridized carbons (Fsp3) is 0.519. The third-order valence-electron chi connectivity index (χ3n) is 7.68. The van der Waals surface area contributed by atoms with E-state index in [2.05, 4.69) is 49.1 Å². The number of hydrogen-bond acceptors (Lipinski definition) is 6. The summed E-state index contributed by atoms with van der Waals surface area (Å²) in [5.41, 5.74) is -0.182. The van der Waals surface area contributed by atoms with Crippen LogP contribution < -0.4 is 5.32 Å². The summed E-state index contributed by atoms with van der Waals surface area (Å²) in [6.07, 6.45) is 0.865. The van der Waals surface area contributed by atoms with E-state index >= 15 is 4.39 Å². The Labute approximate surface area is 218 Å². The number of aromatic nitrogens is 3. The van der Waals surface area contributed by atoms with Gasteiger partial charge in [-0.15, -0.1) is 0 Å². The molecule has 1 aliphatic heterocycles. The highest BCUT2D eigenvalue weighted by Crippen LogP contribution is 2.48. The molecule has 0 aliphatic carbocycles. The minimum absolute atomic E-state index is 0.143. The van der Waals surface area contributed by atoms with Crippen LogP contribution in [0.4, 0.5) is 10.2 Å². The quantitative estimate of drug-likeness (QED) is 0.406. The van der Waals surface area contributed by atoms with E-state index < -0.39 is 32.4 Å². The molecule has 200 valence electrons. The molecule has 3 heterocycles. The number of aliphatic hydroxyl groups is 1. The van der Waals surface area contributed by atoms with Crippen LogP contribution in [0.2, 0.25) is 18.1 Å². The van der Waals surface area contributed by atoms with Crippen molar-refractivity contribution < 1.29 is 23.5 Å². The molecule has 10 heteroatoms. The number of amides is 1. The number of benzene rings is 1. The molecule has 4 atom stereocenters. The van der Waals surface area contributed by atoms with Gasteiger partial charge in [0.15, 0.2) is 20.2 Å². The van der Waals surface area contributed by atoms with Crippen molar-refractivity contribution in [2.75, 3.05) is 11.9 Å². The van der Waals surface area contributed by atoms with Gasteiger partial charge in [0.25, 0.3) is 5.91 Å². The monoisotopic (exact) mass is 528 g/mol. The Morgan fingerprint density at radius 2 is 1.95 bits per heavy atom. The van der Waals surface area contributed by atoms with E-state index in [1.807, 2.05) is 13.0 Å². The van der Waals surface area contributed by atoms with Gasteiger partial charge in [-0.1, -0.05) is 45.9 Å². The lowest BCUT2D eigenvalue weighted by atomic mass is 9.98. The number of hydrogen-bond donors (Lipinski definition) is 2. The maximum Gasteiger partial charge on any atom is 0.256 e. The molecule has 4 rings (SSSR count). The largest absolute Gasteiger partial charge is 0.408 e. The van der Waals surface area contributed by atoms with Gasteiger partial charge in [-0.2, -0.15) is 0 Å². The number of aryl methyl sites for hydroxylation is 1. The van der Waals surface area contributed by atoms with E-state index in [1.165, 1.54) is 13.3 Å². The number of anilines is 1. The van der Waals surface area contributed by atoms with Crippen LogP contribution in [0.5, 0.6) is 0 Å². The maximum atomic E-state index is 16.7. The first-order chi connectivity index (χ1) is 17.3. The third-order valence-corrected chi connectivity index (χ3v) is 12.1. The summed E-state index contributed by atoms with van der Waals surface area (Å²) < 4.78 is 30.9. The van der Waals surface area contributed by atoms with Gasteiger partial charge >= 0.3 is 0 Å². The van der Waals surface area contributed by atoms with E-state index in [9.17, 15) is 9.90 Å². The van der Waals surface area contributed by atoms with Gasteiger partial charge in [-0.05, 0) is 49.2 Å². The summed E-state index contributed by atoms with van der Waals surface area (Å²) in [6.45, 7) is 13.4. The van der Waals surface area contributed by atoms with Gasteiger partial charge in [0.2, 0.25) is 0 Å². The Bertz CT molecular complexity index is 1270. The first-order valence-corrected chi connectivity index (χ1v) is 15.6. The van der Waals surface area contributed by atoms with E-state index in [1.54, 1.807) is 35.0 Å². The average Bonchev–Trinajstić information content (AvgIpc) is 3.33. The molecular weight excluding hydrogens is 491 g/mol. The molecule has 2 aromatic heterocycles. The number of aliphatic hydroxyl groups excluding tert-OH is 1. The number of nitrogens with one attached hydrogen (secondary N) is 1. The molecule has 1 fully saturated rings. The lowest BCUT2D eigenvalue weighted by Gasteiger charge is -2.41. The molecule has 37 heavy (non-hydrogen) atoms. The maximum absolute atomic E-state index is 16.7. The van der Waals surface area contributed by atoms with Crippen LogP contribution in [-0.4, -0.2) is 58.3 Å². The standard InChI is InChI=1S/C27H37FN4O4Si/c1-8-17-14-32(23-20(17)22(29-16-30-23)31-24(34)18-12-10-9-11-13-18)25-27(5,28)21(19(15-33)35-25)36-37(6,7)26(2,3)4/h9-14,16,19,21,25,33H,8,15H2,1-7H3,(H,29,30,31,34)/t19-,21-,25?,27-/m1/s1. The van der Waals surface area contributed by atoms with Gasteiger partial charge in [0.05, 0.1) is 12.0 Å². The summed E-state index contributed by atoms with van der Waals surface area (Å²) >= 11 is 0. The molecular formula is C27H37FN4O4Si. The number of alkyl halides is 1. The molecule has 2 N–H and O–H groups in total. The zero-order valence-electron chi connectivity index (χ0n) is 22.6. The molecule has 3 aromatic rings. The van der Waals surface area contributed by atoms with Crippen LogP contribution in [0, 0.1) is 0 Å². The predicted octanol–water partition coefficient (Wildman–Crippen LogP) is 5.25. The first-order valence-electron chi connectivity index (χ1n) is 12.7. The van der Waals surface area contributed by atoms with Gasteiger partial charge in [-0.25, -0.2) is 14.4 Å². The number of nitrogens with zero attached hydrogens (tertiary/aromatic N) is 3. The molecule has 1 amide bonds. The summed E-state index contributed by atoms with van der Waals surface area (Å²) in [4.78, 5) is 21.6. The van der Waals surface area contributed by atoms with Gasteiger partial charge in [0, 0.05) is 11.8 Å². The lowest BCUT2D eigenvalue weighted by molar-refractivity contribution is -0.0564. The molecule has 0 saturated carbocycles. The van der Waals surface area contributed by atoms with E-state index in [0.29, 0.717) is 28.8 Å². The first kappa shape index (κ1) is 27.4. The molecule has 0 spiro atoms. The van der Waals surface area contributed by atoms with Crippen molar-refractivity contribution in [3.8, 4) is 0 Å². The molecule has 1 saturated heterocycles. The number of rotatable bonds is 7. The van der Waals surface area contributed by atoms with Crippen LogP contribution in [0.3, 0.4) is 0 Å². The van der Waals surface area contributed by atoms with Crippen molar-refractivity contribution in [3.05, 3.63) is 54.0 Å². The highest BCUT2D eigenvalue weighted by molar-refractivity contribution is 6.74. The highest BCUT2D eigenvalue weighted by Gasteiger charge is 2.58. The van der Waals surface area contributed by atoms with E-state index in [-0.39, 0.29) is 17.6 Å². The van der Waals surface area contributed by atoms with Crippen molar-refractivity contribution >= 4 is 31.1 Å². The highest BCUT2D eigenvalue weighted by atomic mass is 28.4. The average molecular weight is 529 g/mol. The molecule has 8 nitrogen and oxygen atoms in total. The number of ether oxygens (including phenoxy) is 1. The Hall–Kier alpha value is -2.66. The number of carbonyl (C=O) groups is 1. The second kappa shape index (κ2) is 9.90. The Morgan fingerprint density at radius 3 is 2.54 bits per heavy atom. The number of carbonyl (C=O) groups excluding carboxylic acids is 1. The molecule has 1 aliphatic rings. The van der Waals surface area contributed by atoms with E-state index in [0.717, 1.165) is 5.56 Å². The smallest absolute Gasteiger partial charge is 0.256 e. The van der Waals surface area contributed by atoms with Gasteiger partial charge in [-0.3, -0.25) is 4.79 Å². The molecule has 0 radical (unpaired) electrons. The fourth-order valence-electron chi connectivity index (χ4n) is 4.51.